The summed E-state index contributed by atoms with van der Waals surface area (Å²) in [4.78, 5) is 2.51. The lowest BCUT2D eigenvalue weighted by Gasteiger charge is -2.40. The Bertz CT molecular complexity index is 460. The predicted molar refractivity (Wildman–Crippen MR) is 70.2 cm³/mol. The molecule has 4 unspecified atom stereocenters. The molecule has 1 saturated heterocycles. The van der Waals surface area contributed by atoms with E-state index in [-0.39, 0.29) is 6.10 Å². The topological polar surface area (TPSA) is 35.5 Å². The summed E-state index contributed by atoms with van der Waals surface area (Å²) in [6.07, 6.45) is 2.11. The summed E-state index contributed by atoms with van der Waals surface area (Å²) in [7, 11) is 0. The number of aliphatic hydroxyl groups excluding tert-OH is 1. The molecule has 96 valence electrons. The average molecular weight is 244 g/mol. The maximum atomic E-state index is 10.4. The third-order valence-electron chi connectivity index (χ3n) is 5.03. The van der Waals surface area contributed by atoms with E-state index < -0.39 is 0 Å². The largest absolute Gasteiger partial charge is 0.390 e. The molecule has 2 N–H and O–H groups in total. The van der Waals surface area contributed by atoms with Crippen molar-refractivity contribution in [1.29, 1.82) is 0 Å². The maximum Gasteiger partial charge on any atom is 0.0851 e. The average Bonchev–Trinajstić information content (AvgIpc) is 2.99. The molecule has 0 amide bonds. The van der Waals surface area contributed by atoms with E-state index in [4.69, 9.17) is 0 Å². The van der Waals surface area contributed by atoms with Gasteiger partial charge >= 0.3 is 0 Å². The van der Waals surface area contributed by atoms with Crippen molar-refractivity contribution in [2.75, 3.05) is 13.1 Å². The first-order valence-electron chi connectivity index (χ1n) is 7.05. The van der Waals surface area contributed by atoms with Crippen molar-refractivity contribution in [3.05, 3.63) is 35.4 Å². The Morgan fingerprint density at radius 2 is 2.06 bits per heavy atom. The highest BCUT2D eigenvalue weighted by Crippen LogP contribution is 2.37. The summed E-state index contributed by atoms with van der Waals surface area (Å²) < 4.78 is 0. The summed E-state index contributed by atoms with van der Waals surface area (Å²) in [6.45, 7) is 3.20. The Kier molecular flexibility index (Phi) is 2.47. The minimum Gasteiger partial charge on any atom is -0.390 e. The van der Waals surface area contributed by atoms with E-state index >= 15 is 0 Å². The SMILES string of the molecule is OC1C2CC(CN2)C1N1CCc2ccccc2C1. The Labute approximate surface area is 108 Å². The molecule has 4 atom stereocenters. The van der Waals surface area contributed by atoms with Gasteiger partial charge in [-0.05, 0) is 36.4 Å². The molecule has 3 aliphatic rings. The molecule has 1 aromatic rings. The number of nitrogens with one attached hydrogen (secondary N) is 1. The molecule has 1 aliphatic carbocycles. The fourth-order valence-corrected chi connectivity index (χ4v) is 4.12. The zero-order valence-corrected chi connectivity index (χ0v) is 10.5. The van der Waals surface area contributed by atoms with Crippen LogP contribution in [0.15, 0.2) is 24.3 Å². The standard InChI is InChI=1S/C15H20N2O/c18-15-13-7-12(8-16-13)14(15)17-6-5-10-3-1-2-4-11(10)9-17/h1-4,12-16,18H,5-9H2. The summed E-state index contributed by atoms with van der Waals surface area (Å²) >= 11 is 0. The third-order valence-corrected chi connectivity index (χ3v) is 5.03. The lowest BCUT2D eigenvalue weighted by atomic mass is 9.94. The highest BCUT2D eigenvalue weighted by Gasteiger charge is 2.49. The van der Waals surface area contributed by atoms with Crippen LogP contribution in [0, 0.1) is 5.92 Å². The van der Waals surface area contributed by atoms with Gasteiger partial charge in [-0.25, -0.2) is 0 Å². The third kappa shape index (κ3) is 1.54. The first-order chi connectivity index (χ1) is 8.83. The molecule has 3 nitrogen and oxygen atoms in total. The Morgan fingerprint density at radius 3 is 2.83 bits per heavy atom. The van der Waals surface area contributed by atoms with Gasteiger partial charge in [0.25, 0.3) is 0 Å². The van der Waals surface area contributed by atoms with Crippen LogP contribution < -0.4 is 5.32 Å². The highest BCUT2D eigenvalue weighted by atomic mass is 16.3. The fourth-order valence-electron chi connectivity index (χ4n) is 4.12. The molecule has 2 bridgehead atoms. The van der Waals surface area contributed by atoms with Crippen molar-refractivity contribution in [2.24, 2.45) is 5.92 Å². The lowest BCUT2D eigenvalue weighted by Crippen LogP contribution is -2.54. The van der Waals surface area contributed by atoms with Gasteiger partial charge in [0.05, 0.1) is 6.10 Å². The van der Waals surface area contributed by atoms with E-state index in [1.165, 1.54) is 11.1 Å². The van der Waals surface area contributed by atoms with Gasteiger partial charge in [-0.1, -0.05) is 24.3 Å². The van der Waals surface area contributed by atoms with Gasteiger partial charge in [0.2, 0.25) is 0 Å². The normalized spacial score (nSPS) is 38.9. The first kappa shape index (κ1) is 11.0. The van der Waals surface area contributed by atoms with E-state index in [1.807, 2.05) is 0 Å². The van der Waals surface area contributed by atoms with Crippen LogP contribution in [0.2, 0.25) is 0 Å². The van der Waals surface area contributed by atoms with Crippen LogP contribution in [0.3, 0.4) is 0 Å². The van der Waals surface area contributed by atoms with Crippen LogP contribution in [0.25, 0.3) is 0 Å². The van der Waals surface area contributed by atoms with E-state index in [1.54, 1.807) is 0 Å². The number of rotatable bonds is 1. The number of hydrogen-bond donors (Lipinski definition) is 2. The van der Waals surface area contributed by atoms with Crippen LogP contribution in [-0.2, 0) is 13.0 Å². The van der Waals surface area contributed by atoms with Gasteiger partial charge in [0, 0.05) is 25.2 Å². The number of benzene rings is 1. The second-order valence-corrected chi connectivity index (χ2v) is 5.98. The molecule has 0 spiro atoms. The number of piperidine rings is 1. The van der Waals surface area contributed by atoms with Gasteiger partial charge < -0.3 is 10.4 Å². The van der Waals surface area contributed by atoms with Crippen molar-refractivity contribution < 1.29 is 5.11 Å². The molecular formula is C15H20N2O. The van der Waals surface area contributed by atoms with Crippen LogP contribution in [0.5, 0.6) is 0 Å². The number of nitrogens with zero attached hydrogens (tertiary/aromatic N) is 1. The van der Waals surface area contributed by atoms with E-state index in [9.17, 15) is 5.11 Å². The smallest absolute Gasteiger partial charge is 0.0851 e. The summed E-state index contributed by atoms with van der Waals surface area (Å²) in [5.74, 6) is 0.648. The molecule has 3 heteroatoms. The maximum absolute atomic E-state index is 10.4. The zero-order chi connectivity index (χ0) is 12.1. The van der Waals surface area contributed by atoms with Gasteiger partial charge in [-0.2, -0.15) is 0 Å². The van der Waals surface area contributed by atoms with Gasteiger partial charge in [0.1, 0.15) is 0 Å². The molecule has 0 radical (unpaired) electrons. The van der Waals surface area contributed by atoms with Crippen molar-refractivity contribution in [3.63, 3.8) is 0 Å². The van der Waals surface area contributed by atoms with Crippen LogP contribution in [0.1, 0.15) is 17.5 Å². The molecule has 4 rings (SSSR count). The second-order valence-electron chi connectivity index (χ2n) is 5.98. The minimum absolute atomic E-state index is 0.172. The van der Waals surface area contributed by atoms with Crippen molar-refractivity contribution >= 4 is 0 Å². The van der Waals surface area contributed by atoms with Gasteiger partial charge in [0.15, 0.2) is 0 Å². The van der Waals surface area contributed by atoms with E-state index in [2.05, 4.69) is 34.5 Å². The molecule has 2 heterocycles. The zero-order valence-electron chi connectivity index (χ0n) is 10.5. The second kappa shape index (κ2) is 4.05. The lowest BCUT2D eigenvalue weighted by molar-refractivity contribution is 0.0177. The quantitative estimate of drug-likeness (QED) is 0.766. The number of aliphatic hydroxyl groups is 1. The van der Waals surface area contributed by atoms with Crippen molar-refractivity contribution in [1.82, 2.24) is 10.2 Å². The molecule has 2 fully saturated rings. The van der Waals surface area contributed by atoms with Crippen LogP contribution >= 0.6 is 0 Å². The molecular weight excluding hydrogens is 224 g/mol. The predicted octanol–water partition coefficient (Wildman–Crippen LogP) is 0.766. The Balaban J connectivity index is 1.58. The molecule has 2 aliphatic heterocycles. The molecule has 0 aromatic heterocycles. The highest BCUT2D eigenvalue weighted by molar-refractivity contribution is 5.29. The van der Waals surface area contributed by atoms with E-state index in [0.29, 0.717) is 18.0 Å². The monoisotopic (exact) mass is 244 g/mol. The molecule has 1 saturated carbocycles. The van der Waals surface area contributed by atoms with Gasteiger partial charge in [-0.15, -0.1) is 0 Å². The number of hydrogen-bond acceptors (Lipinski definition) is 3. The van der Waals surface area contributed by atoms with Crippen LogP contribution in [0.4, 0.5) is 0 Å². The van der Waals surface area contributed by atoms with Crippen molar-refractivity contribution in [3.8, 4) is 0 Å². The summed E-state index contributed by atoms with van der Waals surface area (Å²) in [5.41, 5.74) is 2.94. The number of fused-ring (bicyclic) bond motifs is 3. The fraction of sp³-hybridized carbons (Fsp3) is 0.600. The molecule has 1 aromatic carbocycles. The van der Waals surface area contributed by atoms with E-state index in [0.717, 1.165) is 32.5 Å². The first-order valence-corrected chi connectivity index (χ1v) is 7.05. The van der Waals surface area contributed by atoms with Crippen LogP contribution in [-0.4, -0.2) is 41.3 Å². The van der Waals surface area contributed by atoms with Crippen molar-refractivity contribution in [2.45, 2.75) is 37.6 Å². The summed E-state index contributed by atoms with van der Waals surface area (Å²) in [6, 6.07) is 9.46. The Morgan fingerprint density at radius 1 is 1.22 bits per heavy atom. The minimum atomic E-state index is -0.172. The summed E-state index contributed by atoms with van der Waals surface area (Å²) in [5, 5.41) is 13.8. The Hall–Kier alpha value is -0.900. The molecule has 18 heavy (non-hydrogen) atoms. The van der Waals surface area contributed by atoms with Gasteiger partial charge in [-0.3, -0.25) is 4.90 Å².